The van der Waals surface area contributed by atoms with Gasteiger partial charge in [-0.2, -0.15) is 8.78 Å². The van der Waals surface area contributed by atoms with Crippen LogP contribution in [0.3, 0.4) is 0 Å². The van der Waals surface area contributed by atoms with Crippen molar-refractivity contribution < 1.29 is 81.6 Å². The van der Waals surface area contributed by atoms with E-state index in [4.69, 9.17) is 23.7 Å². The summed E-state index contributed by atoms with van der Waals surface area (Å²) >= 11 is 0. The van der Waals surface area contributed by atoms with Gasteiger partial charge in [-0.25, -0.2) is 30.4 Å². The lowest BCUT2D eigenvalue weighted by atomic mass is 9.49. The summed E-state index contributed by atoms with van der Waals surface area (Å²) in [5, 5.41) is 0. The van der Waals surface area contributed by atoms with Gasteiger partial charge in [0.1, 0.15) is 54.4 Å². The minimum atomic E-state index is -5.74. The Morgan fingerprint density at radius 1 is 0.578 bits per heavy atom. The summed E-state index contributed by atoms with van der Waals surface area (Å²) in [4.78, 5) is 33.4. The average molecular weight is 1210 g/mol. The average Bonchev–Trinajstić information content (AvgIpc) is 3.63. The van der Waals surface area contributed by atoms with Crippen molar-refractivity contribution in [3.8, 4) is 17.2 Å². The Kier molecular flexibility index (Phi) is 24.4. The van der Waals surface area contributed by atoms with Gasteiger partial charge in [-0.15, -0.1) is 0 Å². The van der Waals surface area contributed by atoms with Gasteiger partial charge in [0.25, 0.3) is 0 Å². The molecule has 0 radical (unpaired) electrons. The number of hydrogen-bond acceptors (Lipinski definition) is 14. The SMILES string of the molecule is CCC(C)(C)C(=O)OC1(CC)C2CC3CC(C2)CC1C3.CCC(C)(C)C(=O)Oc1ccc(S(=O)(=O)[O-])cc1.CCC(C)c1ccc(COc2c(F)c(F)c(S(=O)(=O)[O-])c(F)c2F)cc1.CCC(C)c1ccc(OC(=O)OC(C)(C)CC)cc1. The van der Waals surface area contributed by atoms with E-state index in [2.05, 4.69) is 27.7 Å². The molecule has 83 heavy (non-hydrogen) atoms. The number of ether oxygens (including phenoxy) is 5. The van der Waals surface area contributed by atoms with Crippen LogP contribution in [0, 0.1) is 57.8 Å². The number of benzene rings is 4. The van der Waals surface area contributed by atoms with E-state index < -0.39 is 83.9 Å². The molecule has 20 heteroatoms. The van der Waals surface area contributed by atoms with Crippen LogP contribution in [0.25, 0.3) is 0 Å². The predicted octanol–water partition coefficient (Wildman–Crippen LogP) is 15.6. The van der Waals surface area contributed by atoms with E-state index in [0.717, 1.165) is 61.6 Å². The Balaban J connectivity index is 0.000000240. The number of carbonyl (C=O) groups is 3. The summed E-state index contributed by atoms with van der Waals surface area (Å²) in [5.41, 5.74) is 1.19. The van der Waals surface area contributed by atoms with Crippen molar-refractivity contribution in [2.75, 3.05) is 0 Å². The molecule has 0 N–H and O–H groups in total. The summed E-state index contributed by atoms with van der Waals surface area (Å²) in [6.45, 7) is 27.4. The van der Waals surface area contributed by atoms with E-state index in [1.807, 2.05) is 79.7 Å². The maximum absolute atomic E-state index is 13.8. The first kappa shape index (κ1) is 69.9. The predicted molar refractivity (Wildman–Crippen MR) is 305 cm³/mol. The molecule has 4 aromatic carbocycles. The van der Waals surface area contributed by atoms with Crippen molar-refractivity contribution in [1.29, 1.82) is 0 Å². The molecule has 0 aromatic heterocycles. The molecule has 462 valence electrons. The van der Waals surface area contributed by atoms with E-state index in [-0.39, 0.29) is 27.6 Å². The summed E-state index contributed by atoms with van der Waals surface area (Å²) in [7, 11) is -10.2. The monoisotopic (exact) mass is 1200 g/mol. The zero-order valence-electron chi connectivity index (χ0n) is 50.4. The summed E-state index contributed by atoms with van der Waals surface area (Å²) in [5.74, 6) is -5.92. The highest BCUT2D eigenvalue weighted by Gasteiger charge is 2.59. The Morgan fingerprint density at radius 2 is 1.00 bits per heavy atom. The minimum absolute atomic E-state index is 0.0364. The molecule has 2 unspecified atom stereocenters. The molecular formula is C63H84F4O14S2-2. The topological polar surface area (TPSA) is 212 Å². The fraction of sp³-hybridized carbons (Fsp3) is 0.571. The second-order valence-electron chi connectivity index (χ2n) is 23.9. The molecule has 4 aliphatic carbocycles. The highest BCUT2D eigenvalue weighted by atomic mass is 32.2. The molecule has 4 saturated carbocycles. The van der Waals surface area contributed by atoms with Gasteiger partial charge in [-0.05, 0) is 201 Å². The molecule has 14 nitrogen and oxygen atoms in total. The molecule has 8 rings (SSSR count). The molecule has 4 fully saturated rings. The molecule has 0 spiro atoms. The van der Waals surface area contributed by atoms with Crippen molar-refractivity contribution in [3.05, 3.63) is 113 Å². The number of carbonyl (C=O) groups excluding carboxylic acids is 3. The van der Waals surface area contributed by atoms with Crippen molar-refractivity contribution in [3.63, 3.8) is 0 Å². The maximum atomic E-state index is 13.8. The zero-order chi connectivity index (χ0) is 62.6. The van der Waals surface area contributed by atoms with Crippen LogP contribution >= 0.6 is 0 Å². The van der Waals surface area contributed by atoms with Crippen LogP contribution in [0.2, 0.25) is 0 Å². The van der Waals surface area contributed by atoms with Crippen LogP contribution in [0.4, 0.5) is 22.4 Å². The van der Waals surface area contributed by atoms with Gasteiger partial charge in [0.15, 0.2) is 17.4 Å². The van der Waals surface area contributed by atoms with Gasteiger partial charge in [0, 0.05) is 0 Å². The maximum Gasteiger partial charge on any atom is 0.514 e. The van der Waals surface area contributed by atoms with E-state index in [9.17, 15) is 57.9 Å². The molecule has 0 saturated heterocycles. The quantitative estimate of drug-likeness (QED) is 0.0213. The fourth-order valence-electron chi connectivity index (χ4n) is 10.1. The Morgan fingerprint density at radius 3 is 1.40 bits per heavy atom. The zero-order valence-corrected chi connectivity index (χ0v) is 52.1. The lowest BCUT2D eigenvalue weighted by molar-refractivity contribution is -0.218. The molecule has 4 bridgehead atoms. The largest absolute Gasteiger partial charge is 0.744 e. The van der Waals surface area contributed by atoms with Gasteiger partial charge < -0.3 is 32.8 Å². The van der Waals surface area contributed by atoms with Gasteiger partial charge in [0.05, 0.1) is 15.7 Å². The summed E-state index contributed by atoms with van der Waals surface area (Å²) in [6.07, 6.45) is 11.3. The highest BCUT2D eigenvalue weighted by molar-refractivity contribution is 7.86. The lowest BCUT2D eigenvalue weighted by Gasteiger charge is -2.60. The molecular weight excluding hydrogens is 1120 g/mol. The first-order valence-electron chi connectivity index (χ1n) is 28.6. The van der Waals surface area contributed by atoms with Crippen LogP contribution < -0.4 is 14.2 Å². The first-order valence-corrected chi connectivity index (χ1v) is 31.4. The highest BCUT2D eigenvalue weighted by Crippen LogP contribution is 2.61. The van der Waals surface area contributed by atoms with Crippen molar-refractivity contribution in [1.82, 2.24) is 0 Å². The second kappa shape index (κ2) is 29.0. The number of halogens is 4. The van der Waals surface area contributed by atoms with Gasteiger partial charge in [0.2, 0.25) is 11.6 Å². The summed E-state index contributed by atoms with van der Waals surface area (Å²) < 4.78 is 146. The Hall–Kier alpha value is -5.57. The molecule has 2 atom stereocenters. The lowest BCUT2D eigenvalue weighted by Crippen LogP contribution is -2.60. The minimum Gasteiger partial charge on any atom is -0.744 e. The molecule has 4 aromatic rings. The normalized spacial score (nSPS) is 20.0. The first-order chi connectivity index (χ1) is 38.5. The van der Waals surface area contributed by atoms with Crippen molar-refractivity contribution in [2.45, 2.75) is 207 Å². The second-order valence-corrected chi connectivity index (χ2v) is 26.6. The molecule has 0 aliphatic heterocycles. The Bertz CT molecular complexity index is 3000. The third-order valence-corrected chi connectivity index (χ3v) is 18.7. The van der Waals surface area contributed by atoms with Crippen molar-refractivity contribution in [2.24, 2.45) is 34.5 Å². The third-order valence-electron chi connectivity index (χ3n) is 17.0. The van der Waals surface area contributed by atoms with Crippen LogP contribution in [-0.2, 0) is 45.9 Å². The smallest absolute Gasteiger partial charge is 0.514 e. The van der Waals surface area contributed by atoms with Gasteiger partial charge >= 0.3 is 18.1 Å². The number of rotatable bonds is 19. The number of esters is 2. The molecule has 4 aliphatic rings. The third kappa shape index (κ3) is 18.5. The van der Waals surface area contributed by atoms with Gasteiger partial charge in [-0.3, -0.25) is 9.59 Å². The van der Waals surface area contributed by atoms with Gasteiger partial charge in [-0.1, -0.05) is 91.8 Å². The standard InChI is InChI=1S/C18H30O2.C17H16F4O4S.C16H24O3.C12H16O5S/c1-5-17(3,4)16(19)20-18(6-2)14-8-12-7-13(10-14)11-15(18)9-12;1-3-9(2)11-6-4-10(5-7-11)8-25-16-12(18)14(20)17(26(22,23)24)15(21)13(16)19;1-6-12(3)13-8-10-14(11-9-13)18-15(17)19-16(4,5)7-2;1-4-12(2,3)11(13)17-9-5-7-10(8-6-9)18(14,15)16/h12-15H,5-11H2,1-4H3;4-7,9H,3,8H2,1-2H3,(H,22,23,24);8-12H,6-7H2,1-5H3;5-8H,4H2,1-3H3,(H,14,15,16)/p-2. The van der Waals surface area contributed by atoms with Crippen LogP contribution in [0.5, 0.6) is 17.2 Å². The van der Waals surface area contributed by atoms with Crippen LogP contribution in [-0.4, -0.2) is 55.2 Å². The van der Waals surface area contributed by atoms with Crippen molar-refractivity contribution >= 4 is 38.3 Å². The Labute approximate surface area is 489 Å². The van der Waals surface area contributed by atoms with E-state index in [1.54, 1.807) is 38.1 Å². The summed E-state index contributed by atoms with van der Waals surface area (Å²) in [6, 6.07) is 19.2. The van der Waals surface area contributed by atoms with Crippen LogP contribution in [0.15, 0.2) is 82.6 Å². The van der Waals surface area contributed by atoms with E-state index in [1.165, 1.54) is 49.8 Å². The number of hydrogen-bond donors (Lipinski definition) is 0. The molecule has 0 amide bonds. The van der Waals surface area contributed by atoms with E-state index in [0.29, 0.717) is 41.4 Å². The van der Waals surface area contributed by atoms with E-state index >= 15 is 0 Å². The van der Waals surface area contributed by atoms with Crippen LogP contribution in [0.1, 0.15) is 196 Å². The molecule has 0 heterocycles. The fourth-order valence-corrected chi connectivity index (χ4v) is 11.2.